The van der Waals surface area contributed by atoms with Crippen LogP contribution in [0.3, 0.4) is 0 Å². The summed E-state index contributed by atoms with van der Waals surface area (Å²) in [5, 5.41) is 3.15. The van der Waals surface area contributed by atoms with E-state index in [0.29, 0.717) is 11.3 Å². The lowest BCUT2D eigenvalue weighted by molar-refractivity contribution is 0.629. The molecule has 0 amide bonds. The molecule has 0 spiro atoms. The smallest absolute Gasteiger partial charge is 0.138 e. The summed E-state index contributed by atoms with van der Waals surface area (Å²) < 4.78 is 16.8. The largest absolute Gasteiger partial charge is 0.316 e. The number of imidazole rings is 1. The third kappa shape index (κ3) is 3.27. The summed E-state index contributed by atoms with van der Waals surface area (Å²) in [4.78, 5) is 13.7. The van der Waals surface area contributed by atoms with Gasteiger partial charge in [-0.15, -0.1) is 0 Å². The minimum absolute atomic E-state index is 0.287. The molecule has 0 saturated carbocycles. The number of benzene rings is 1. The van der Waals surface area contributed by atoms with Crippen molar-refractivity contribution in [2.45, 2.75) is 26.8 Å². The van der Waals surface area contributed by atoms with Crippen LogP contribution in [0.4, 0.5) is 4.39 Å². The highest BCUT2D eigenvalue weighted by Crippen LogP contribution is 2.33. The third-order valence-corrected chi connectivity index (χ3v) is 4.72. The SMILES string of the molecule is CCc1nccc(-c2c(-c3ccc(C)cc3F)nc3cc(CNC)ccn23)n1. The molecular weight excluding hydrogens is 353 g/mol. The molecule has 28 heavy (non-hydrogen) atoms. The van der Waals surface area contributed by atoms with Crippen molar-refractivity contribution in [2.24, 2.45) is 0 Å². The molecule has 1 aromatic carbocycles. The highest BCUT2D eigenvalue weighted by Gasteiger charge is 2.20. The van der Waals surface area contributed by atoms with Crippen molar-refractivity contribution in [3.05, 3.63) is 71.6 Å². The van der Waals surface area contributed by atoms with Crippen LogP contribution in [0, 0.1) is 12.7 Å². The first kappa shape index (κ1) is 18.3. The number of rotatable bonds is 5. The first-order chi connectivity index (χ1) is 13.6. The van der Waals surface area contributed by atoms with E-state index in [0.717, 1.165) is 47.0 Å². The molecule has 0 fully saturated rings. The molecule has 0 bridgehead atoms. The zero-order chi connectivity index (χ0) is 19.7. The van der Waals surface area contributed by atoms with E-state index >= 15 is 0 Å². The zero-order valence-electron chi connectivity index (χ0n) is 16.2. The molecule has 6 heteroatoms. The van der Waals surface area contributed by atoms with Crippen LogP contribution in [0.1, 0.15) is 23.9 Å². The summed E-state index contributed by atoms with van der Waals surface area (Å²) in [6, 6.07) is 11.1. The van der Waals surface area contributed by atoms with Gasteiger partial charge in [0.25, 0.3) is 0 Å². The second-order valence-electron chi connectivity index (χ2n) is 6.80. The molecule has 0 aliphatic rings. The van der Waals surface area contributed by atoms with E-state index in [4.69, 9.17) is 4.98 Å². The monoisotopic (exact) mass is 375 g/mol. The summed E-state index contributed by atoms with van der Waals surface area (Å²) in [7, 11) is 1.90. The van der Waals surface area contributed by atoms with E-state index in [-0.39, 0.29) is 5.82 Å². The van der Waals surface area contributed by atoms with Crippen LogP contribution in [0.2, 0.25) is 0 Å². The number of aryl methyl sites for hydroxylation is 2. The normalized spacial score (nSPS) is 11.3. The summed E-state index contributed by atoms with van der Waals surface area (Å²) in [6.07, 6.45) is 4.43. The molecule has 0 radical (unpaired) electrons. The Morgan fingerprint density at radius 1 is 1.11 bits per heavy atom. The Morgan fingerprint density at radius 2 is 1.96 bits per heavy atom. The van der Waals surface area contributed by atoms with Gasteiger partial charge < -0.3 is 5.32 Å². The van der Waals surface area contributed by atoms with Gasteiger partial charge in [0.15, 0.2) is 0 Å². The van der Waals surface area contributed by atoms with Gasteiger partial charge in [0.1, 0.15) is 23.0 Å². The van der Waals surface area contributed by atoms with E-state index in [1.807, 2.05) is 55.8 Å². The maximum atomic E-state index is 14.8. The van der Waals surface area contributed by atoms with Crippen molar-refractivity contribution >= 4 is 5.65 Å². The Balaban J connectivity index is 2.01. The van der Waals surface area contributed by atoms with Crippen molar-refractivity contribution in [3.8, 4) is 22.6 Å². The molecule has 1 N–H and O–H groups in total. The Labute approximate surface area is 163 Å². The fourth-order valence-electron chi connectivity index (χ4n) is 3.35. The topological polar surface area (TPSA) is 55.1 Å². The van der Waals surface area contributed by atoms with Crippen LogP contribution in [-0.2, 0) is 13.0 Å². The van der Waals surface area contributed by atoms with E-state index in [1.165, 1.54) is 6.07 Å². The fourth-order valence-corrected chi connectivity index (χ4v) is 3.35. The third-order valence-electron chi connectivity index (χ3n) is 4.72. The number of nitrogens with one attached hydrogen (secondary N) is 1. The van der Waals surface area contributed by atoms with Crippen LogP contribution in [0.25, 0.3) is 28.3 Å². The van der Waals surface area contributed by atoms with E-state index < -0.39 is 0 Å². The van der Waals surface area contributed by atoms with Gasteiger partial charge in [-0.3, -0.25) is 4.40 Å². The molecule has 0 aliphatic heterocycles. The Bertz CT molecular complexity index is 1150. The fraction of sp³-hybridized carbons (Fsp3) is 0.227. The molecule has 0 atom stereocenters. The highest BCUT2D eigenvalue weighted by molar-refractivity contribution is 5.81. The molecule has 5 nitrogen and oxygen atoms in total. The average molecular weight is 375 g/mol. The van der Waals surface area contributed by atoms with Gasteiger partial charge in [-0.05, 0) is 55.4 Å². The highest BCUT2D eigenvalue weighted by atomic mass is 19.1. The molecule has 142 valence electrons. The molecule has 0 aliphatic carbocycles. The van der Waals surface area contributed by atoms with Crippen molar-refractivity contribution in [2.75, 3.05) is 7.05 Å². The molecular formula is C22H22FN5. The van der Waals surface area contributed by atoms with Crippen LogP contribution in [0.5, 0.6) is 0 Å². The van der Waals surface area contributed by atoms with Gasteiger partial charge in [-0.2, -0.15) is 0 Å². The lowest BCUT2D eigenvalue weighted by atomic mass is 10.1. The zero-order valence-corrected chi connectivity index (χ0v) is 16.2. The average Bonchev–Trinajstić information content (AvgIpc) is 3.06. The summed E-state index contributed by atoms with van der Waals surface area (Å²) in [5.74, 6) is 0.458. The lowest BCUT2D eigenvalue weighted by Crippen LogP contribution is -2.05. The molecule has 4 rings (SSSR count). The van der Waals surface area contributed by atoms with Crippen molar-refractivity contribution < 1.29 is 4.39 Å². The van der Waals surface area contributed by atoms with Gasteiger partial charge in [0.05, 0.1) is 11.4 Å². The minimum Gasteiger partial charge on any atom is -0.316 e. The van der Waals surface area contributed by atoms with Crippen LogP contribution < -0.4 is 5.32 Å². The van der Waals surface area contributed by atoms with Crippen molar-refractivity contribution in [1.29, 1.82) is 0 Å². The second kappa shape index (κ2) is 7.48. The molecule has 4 aromatic rings. The number of nitrogens with zero attached hydrogens (tertiary/aromatic N) is 4. The molecule has 3 heterocycles. The summed E-state index contributed by atoms with van der Waals surface area (Å²) in [5.41, 5.74) is 5.30. The maximum absolute atomic E-state index is 14.8. The number of hydrogen-bond acceptors (Lipinski definition) is 4. The van der Waals surface area contributed by atoms with Gasteiger partial charge in [-0.25, -0.2) is 19.3 Å². The van der Waals surface area contributed by atoms with Gasteiger partial charge in [0.2, 0.25) is 0 Å². The molecule has 0 unspecified atom stereocenters. The quantitative estimate of drug-likeness (QED) is 0.568. The summed E-state index contributed by atoms with van der Waals surface area (Å²) >= 11 is 0. The van der Waals surface area contributed by atoms with Gasteiger partial charge >= 0.3 is 0 Å². The van der Waals surface area contributed by atoms with Crippen molar-refractivity contribution in [3.63, 3.8) is 0 Å². The van der Waals surface area contributed by atoms with E-state index in [9.17, 15) is 4.39 Å². The predicted molar refractivity (Wildman–Crippen MR) is 108 cm³/mol. The van der Waals surface area contributed by atoms with Crippen LogP contribution in [-0.4, -0.2) is 26.4 Å². The first-order valence-corrected chi connectivity index (χ1v) is 9.35. The first-order valence-electron chi connectivity index (χ1n) is 9.35. The Kier molecular flexibility index (Phi) is 4.88. The van der Waals surface area contributed by atoms with Crippen LogP contribution >= 0.6 is 0 Å². The minimum atomic E-state index is -0.287. The Hall–Kier alpha value is -3.12. The summed E-state index contributed by atoms with van der Waals surface area (Å²) in [6.45, 7) is 4.62. The second-order valence-corrected chi connectivity index (χ2v) is 6.80. The number of hydrogen-bond donors (Lipinski definition) is 1. The van der Waals surface area contributed by atoms with Crippen LogP contribution in [0.15, 0.2) is 48.8 Å². The standard InChI is InChI=1S/C22H22FN5/c1-4-19-25-9-7-18(26-19)22-21(16-6-5-14(2)11-17(16)23)27-20-12-15(13-24-3)8-10-28(20)22/h5-12,24H,4,13H2,1-3H3. The predicted octanol–water partition coefficient (Wildman–Crippen LogP) is 4.19. The number of fused-ring (bicyclic) bond motifs is 1. The van der Waals surface area contributed by atoms with Gasteiger partial charge in [-0.1, -0.05) is 13.0 Å². The van der Waals surface area contributed by atoms with E-state index in [1.54, 1.807) is 12.3 Å². The molecule has 3 aromatic heterocycles. The van der Waals surface area contributed by atoms with E-state index in [2.05, 4.69) is 15.3 Å². The molecule has 0 saturated heterocycles. The number of halogens is 1. The number of aromatic nitrogens is 4. The van der Waals surface area contributed by atoms with Crippen molar-refractivity contribution in [1.82, 2.24) is 24.7 Å². The lowest BCUT2D eigenvalue weighted by Gasteiger charge is -2.08. The Morgan fingerprint density at radius 3 is 2.71 bits per heavy atom. The number of pyridine rings is 1. The maximum Gasteiger partial charge on any atom is 0.138 e. The van der Waals surface area contributed by atoms with Gasteiger partial charge in [0, 0.05) is 30.9 Å².